The highest BCUT2D eigenvalue weighted by atomic mass is 16.5. The van der Waals surface area contributed by atoms with E-state index in [0.717, 1.165) is 35.3 Å². The number of cyclic esters (lactones) is 1. The molecule has 1 unspecified atom stereocenters. The van der Waals surface area contributed by atoms with Gasteiger partial charge in [0.2, 0.25) is 5.91 Å². The number of esters is 1. The number of carbonyl (C=O) groups is 2. The van der Waals surface area contributed by atoms with Crippen LogP contribution in [0.2, 0.25) is 0 Å². The minimum Gasteiger partial charge on any atom is -0.453 e. The van der Waals surface area contributed by atoms with Crippen LogP contribution in [0.3, 0.4) is 0 Å². The Bertz CT molecular complexity index is 1370. The molecule has 2 aliphatic rings. The van der Waals surface area contributed by atoms with Crippen LogP contribution in [0.15, 0.2) is 60.9 Å². The summed E-state index contributed by atoms with van der Waals surface area (Å²) in [6.07, 6.45) is 5.14. The molecule has 172 valence electrons. The fraction of sp³-hybridized carbons (Fsp3) is 0.320. The van der Waals surface area contributed by atoms with Gasteiger partial charge in [0, 0.05) is 37.0 Å². The zero-order valence-electron chi connectivity index (χ0n) is 18.6. The third kappa shape index (κ3) is 3.63. The molecule has 1 atom stereocenters. The zero-order chi connectivity index (χ0) is 23.1. The Morgan fingerprint density at radius 2 is 1.85 bits per heavy atom. The normalized spacial score (nSPS) is 18.3. The van der Waals surface area contributed by atoms with E-state index in [1.165, 1.54) is 0 Å². The Morgan fingerprint density at radius 3 is 2.74 bits per heavy atom. The summed E-state index contributed by atoms with van der Waals surface area (Å²) in [7, 11) is 0. The second kappa shape index (κ2) is 8.40. The quantitative estimate of drug-likeness (QED) is 0.428. The Hall–Kier alpha value is -4.01. The number of fused-ring (bicyclic) bond motifs is 2. The first-order valence-corrected chi connectivity index (χ1v) is 11.5. The van der Waals surface area contributed by atoms with Crippen LogP contribution < -0.4 is 0 Å². The van der Waals surface area contributed by atoms with Crippen LogP contribution in [0.1, 0.15) is 53.0 Å². The van der Waals surface area contributed by atoms with Gasteiger partial charge in [-0.25, -0.2) is 14.5 Å². The molecule has 2 aliphatic heterocycles. The molecule has 1 fully saturated rings. The molecule has 0 spiro atoms. The summed E-state index contributed by atoms with van der Waals surface area (Å²) < 4.78 is 9.44. The van der Waals surface area contributed by atoms with Crippen LogP contribution in [0, 0.1) is 0 Å². The molecule has 1 saturated heterocycles. The lowest BCUT2D eigenvalue weighted by Crippen LogP contribution is -2.39. The minimum absolute atomic E-state index is 0.0189. The number of aromatic nitrogens is 5. The Kier molecular flexibility index (Phi) is 5.09. The number of ether oxygens (including phenoxy) is 1. The van der Waals surface area contributed by atoms with Gasteiger partial charge in [-0.3, -0.25) is 4.79 Å². The molecule has 2 aromatic carbocycles. The first-order chi connectivity index (χ1) is 16.7. The van der Waals surface area contributed by atoms with Crippen molar-refractivity contribution in [3.8, 4) is 0 Å². The van der Waals surface area contributed by atoms with Gasteiger partial charge in [-0.15, -0.1) is 5.10 Å². The summed E-state index contributed by atoms with van der Waals surface area (Å²) in [5, 5.41) is 8.53. The first kappa shape index (κ1) is 20.6. The SMILES string of the molecule is O=C1OC(CC(=O)N2CCC(c3nccn3Cn3nnc4ccccc43)CC2)c2ccccc21. The van der Waals surface area contributed by atoms with Gasteiger partial charge in [-0.2, -0.15) is 0 Å². The van der Waals surface area contributed by atoms with Gasteiger partial charge in [0.25, 0.3) is 0 Å². The van der Waals surface area contributed by atoms with E-state index in [9.17, 15) is 9.59 Å². The van der Waals surface area contributed by atoms with E-state index in [2.05, 4.69) is 19.9 Å². The molecule has 0 saturated carbocycles. The van der Waals surface area contributed by atoms with Crippen molar-refractivity contribution >= 4 is 22.9 Å². The maximum atomic E-state index is 13.0. The van der Waals surface area contributed by atoms with Crippen molar-refractivity contribution in [2.24, 2.45) is 0 Å². The molecule has 9 nitrogen and oxygen atoms in total. The fourth-order valence-corrected chi connectivity index (χ4v) is 5.01. The van der Waals surface area contributed by atoms with Crippen molar-refractivity contribution in [2.45, 2.75) is 38.0 Å². The van der Waals surface area contributed by atoms with Crippen molar-refractivity contribution in [2.75, 3.05) is 13.1 Å². The number of rotatable bonds is 5. The predicted molar refractivity (Wildman–Crippen MR) is 123 cm³/mol. The number of para-hydroxylation sites is 1. The number of amides is 1. The molecule has 1 amide bonds. The van der Waals surface area contributed by atoms with Crippen LogP contribution in [-0.4, -0.2) is 54.4 Å². The van der Waals surface area contributed by atoms with Crippen molar-refractivity contribution < 1.29 is 14.3 Å². The monoisotopic (exact) mass is 456 g/mol. The van der Waals surface area contributed by atoms with Gasteiger partial charge < -0.3 is 14.2 Å². The standard InChI is InChI=1S/C25H24N6O3/c32-23(15-22-18-5-1-2-6-19(18)25(33)34-22)29-12-9-17(10-13-29)24-26-11-14-30(24)16-31-21-8-4-3-7-20(21)27-28-31/h1-8,11,14,17,22H,9-10,12-13,15-16H2. The molecule has 4 aromatic rings. The Labute approximate surface area is 195 Å². The molecule has 2 aromatic heterocycles. The van der Waals surface area contributed by atoms with Gasteiger partial charge in [0.15, 0.2) is 0 Å². The average molecular weight is 457 g/mol. The average Bonchev–Trinajstić information content (AvgIpc) is 3.58. The molecule has 34 heavy (non-hydrogen) atoms. The second-order valence-electron chi connectivity index (χ2n) is 8.81. The maximum absolute atomic E-state index is 13.0. The van der Waals surface area contributed by atoms with Gasteiger partial charge >= 0.3 is 5.97 Å². The van der Waals surface area contributed by atoms with Crippen molar-refractivity contribution in [1.82, 2.24) is 29.4 Å². The summed E-state index contributed by atoms with van der Waals surface area (Å²) in [5.74, 6) is 0.939. The summed E-state index contributed by atoms with van der Waals surface area (Å²) in [4.78, 5) is 31.5. The van der Waals surface area contributed by atoms with Crippen molar-refractivity contribution in [3.05, 3.63) is 77.9 Å². The van der Waals surface area contributed by atoms with Crippen LogP contribution in [0.5, 0.6) is 0 Å². The Balaban J connectivity index is 1.10. The number of hydrogen-bond acceptors (Lipinski definition) is 6. The van der Waals surface area contributed by atoms with E-state index in [1.54, 1.807) is 6.07 Å². The van der Waals surface area contributed by atoms with Crippen molar-refractivity contribution in [3.63, 3.8) is 0 Å². The minimum atomic E-state index is -0.495. The fourth-order valence-electron chi connectivity index (χ4n) is 5.01. The van der Waals surface area contributed by atoms with Crippen LogP contribution in [0.25, 0.3) is 11.0 Å². The number of hydrogen-bond donors (Lipinski definition) is 0. The topological polar surface area (TPSA) is 95.1 Å². The van der Waals surface area contributed by atoms with Gasteiger partial charge in [0.1, 0.15) is 24.1 Å². The molecule has 9 heteroatoms. The lowest BCUT2D eigenvalue weighted by Gasteiger charge is -2.32. The van der Waals surface area contributed by atoms with E-state index < -0.39 is 6.10 Å². The van der Waals surface area contributed by atoms with Crippen molar-refractivity contribution in [1.29, 1.82) is 0 Å². The number of piperidine rings is 1. The largest absolute Gasteiger partial charge is 0.453 e. The molecule has 6 rings (SSSR count). The summed E-state index contributed by atoms with van der Waals surface area (Å²) in [6, 6.07) is 15.2. The predicted octanol–water partition coefficient (Wildman–Crippen LogP) is 3.14. The highest BCUT2D eigenvalue weighted by molar-refractivity contribution is 5.94. The lowest BCUT2D eigenvalue weighted by molar-refractivity contribution is -0.134. The first-order valence-electron chi connectivity index (χ1n) is 11.5. The number of nitrogens with zero attached hydrogens (tertiary/aromatic N) is 6. The third-order valence-electron chi connectivity index (χ3n) is 6.80. The number of benzene rings is 2. The third-order valence-corrected chi connectivity index (χ3v) is 6.80. The van der Waals surface area contributed by atoms with Gasteiger partial charge in [-0.05, 0) is 31.0 Å². The smallest absolute Gasteiger partial charge is 0.339 e. The van der Waals surface area contributed by atoms with E-state index in [1.807, 2.05) is 64.4 Å². The van der Waals surface area contributed by atoms with E-state index >= 15 is 0 Å². The van der Waals surface area contributed by atoms with Gasteiger partial charge in [-0.1, -0.05) is 35.5 Å². The molecule has 0 aliphatic carbocycles. The lowest BCUT2D eigenvalue weighted by atomic mass is 9.95. The van der Waals surface area contributed by atoms with Crippen LogP contribution >= 0.6 is 0 Å². The second-order valence-corrected chi connectivity index (χ2v) is 8.81. The molecule has 4 heterocycles. The number of imidazole rings is 1. The Morgan fingerprint density at radius 1 is 1.06 bits per heavy atom. The van der Waals surface area contributed by atoms with E-state index in [-0.39, 0.29) is 24.2 Å². The molecule has 0 bridgehead atoms. The molecular formula is C25H24N6O3. The molecular weight excluding hydrogens is 432 g/mol. The number of likely N-dealkylation sites (tertiary alicyclic amines) is 1. The van der Waals surface area contributed by atoms with E-state index in [4.69, 9.17) is 4.74 Å². The molecule has 0 radical (unpaired) electrons. The molecule has 0 N–H and O–H groups in total. The summed E-state index contributed by atoms with van der Waals surface area (Å²) in [5.41, 5.74) is 3.22. The van der Waals surface area contributed by atoms with Crippen LogP contribution in [-0.2, 0) is 16.2 Å². The van der Waals surface area contributed by atoms with Crippen LogP contribution in [0.4, 0.5) is 0 Å². The summed E-state index contributed by atoms with van der Waals surface area (Å²) in [6.45, 7) is 1.86. The van der Waals surface area contributed by atoms with Gasteiger partial charge in [0.05, 0.1) is 17.5 Å². The number of carbonyl (C=O) groups excluding carboxylic acids is 2. The maximum Gasteiger partial charge on any atom is 0.339 e. The van der Waals surface area contributed by atoms with E-state index in [0.29, 0.717) is 25.3 Å². The highest BCUT2D eigenvalue weighted by Crippen LogP contribution is 2.34. The zero-order valence-corrected chi connectivity index (χ0v) is 18.6. The highest BCUT2D eigenvalue weighted by Gasteiger charge is 2.34. The summed E-state index contributed by atoms with van der Waals surface area (Å²) >= 11 is 0.